The number of nitrogens with one attached hydrogen (secondary N) is 1. The highest BCUT2D eigenvalue weighted by Gasteiger charge is 2.05. The van der Waals surface area contributed by atoms with E-state index >= 15 is 0 Å². The molecule has 0 aliphatic carbocycles. The largest absolute Gasteiger partial charge is 0.396 e. The summed E-state index contributed by atoms with van der Waals surface area (Å²) >= 11 is 0. The minimum atomic E-state index is -0.0373. The second kappa shape index (κ2) is 6.28. The van der Waals surface area contributed by atoms with E-state index in [0.29, 0.717) is 12.1 Å². The maximum atomic E-state index is 11.7. The molecule has 1 rings (SSSR count). The van der Waals surface area contributed by atoms with E-state index in [2.05, 4.69) is 5.32 Å². The van der Waals surface area contributed by atoms with E-state index in [1.165, 1.54) is 0 Å². The Labute approximate surface area is 96.5 Å². The van der Waals surface area contributed by atoms with Gasteiger partial charge in [0.1, 0.15) is 0 Å². The van der Waals surface area contributed by atoms with E-state index < -0.39 is 0 Å². The van der Waals surface area contributed by atoms with Gasteiger partial charge in [0.05, 0.1) is 0 Å². The summed E-state index contributed by atoms with van der Waals surface area (Å²) in [6.07, 6.45) is 1.54. The normalized spacial score (nSPS) is 10.2. The van der Waals surface area contributed by atoms with Crippen molar-refractivity contribution in [1.82, 2.24) is 5.32 Å². The van der Waals surface area contributed by atoms with E-state index in [1.54, 1.807) is 0 Å². The highest BCUT2D eigenvalue weighted by Crippen LogP contribution is 2.08. The fourth-order valence-corrected chi connectivity index (χ4v) is 1.65. The lowest BCUT2D eigenvalue weighted by atomic mass is 10.1. The first-order valence-corrected chi connectivity index (χ1v) is 5.61. The molecule has 0 fully saturated rings. The molecule has 0 saturated carbocycles. The average molecular weight is 221 g/mol. The van der Waals surface area contributed by atoms with Crippen molar-refractivity contribution in [2.45, 2.75) is 26.7 Å². The molecule has 0 aromatic heterocycles. The van der Waals surface area contributed by atoms with E-state index in [0.717, 1.165) is 24.0 Å². The average Bonchev–Trinajstić information content (AvgIpc) is 2.22. The number of unbranched alkanes of at least 4 members (excludes halogenated alkanes) is 1. The van der Waals surface area contributed by atoms with Crippen LogP contribution in [0.3, 0.4) is 0 Å². The molecule has 1 amide bonds. The predicted octanol–water partition coefficient (Wildman–Crippen LogP) is 1.81. The minimum Gasteiger partial charge on any atom is -0.396 e. The van der Waals surface area contributed by atoms with Crippen molar-refractivity contribution in [3.05, 3.63) is 34.9 Å². The number of aliphatic hydroxyl groups is 1. The Morgan fingerprint density at radius 3 is 2.38 bits per heavy atom. The van der Waals surface area contributed by atoms with Gasteiger partial charge < -0.3 is 10.4 Å². The number of hydrogen-bond donors (Lipinski definition) is 2. The highest BCUT2D eigenvalue weighted by atomic mass is 16.2. The van der Waals surface area contributed by atoms with Gasteiger partial charge in [-0.3, -0.25) is 4.79 Å². The van der Waals surface area contributed by atoms with Crippen LogP contribution < -0.4 is 5.32 Å². The fourth-order valence-electron chi connectivity index (χ4n) is 1.65. The second-order valence-electron chi connectivity index (χ2n) is 4.06. The van der Waals surface area contributed by atoms with Gasteiger partial charge >= 0.3 is 0 Å². The molecule has 0 atom stereocenters. The summed E-state index contributed by atoms with van der Waals surface area (Å²) in [4.78, 5) is 11.7. The number of aliphatic hydroxyl groups excluding tert-OH is 1. The molecule has 3 nitrogen and oxygen atoms in total. The molecular formula is C13H19NO2. The zero-order valence-corrected chi connectivity index (χ0v) is 9.92. The Kier molecular flexibility index (Phi) is 4.99. The third-order valence-electron chi connectivity index (χ3n) is 2.35. The van der Waals surface area contributed by atoms with Crippen LogP contribution in [0.15, 0.2) is 18.2 Å². The van der Waals surface area contributed by atoms with Crippen LogP contribution in [0.1, 0.15) is 34.3 Å². The lowest BCUT2D eigenvalue weighted by Gasteiger charge is -2.06. The molecule has 1 aromatic rings. The standard InChI is InChI=1S/C13H19NO2/c1-10-7-11(2)9-12(8-10)13(16)14-5-3-4-6-15/h7-9,15H,3-6H2,1-2H3,(H,14,16). The first-order chi connectivity index (χ1) is 7.63. The molecule has 3 heteroatoms. The van der Waals surface area contributed by atoms with Gasteiger partial charge in [-0.05, 0) is 38.8 Å². The summed E-state index contributed by atoms with van der Waals surface area (Å²) in [6, 6.07) is 5.81. The molecule has 2 N–H and O–H groups in total. The van der Waals surface area contributed by atoms with Gasteiger partial charge in [0.2, 0.25) is 0 Å². The summed E-state index contributed by atoms with van der Waals surface area (Å²) in [5, 5.41) is 11.4. The topological polar surface area (TPSA) is 49.3 Å². The van der Waals surface area contributed by atoms with Gasteiger partial charge in [0, 0.05) is 18.7 Å². The predicted molar refractivity (Wildman–Crippen MR) is 64.6 cm³/mol. The number of rotatable bonds is 5. The van der Waals surface area contributed by atoms with Crippen LogP contribution in [0.2, 0.25) is 0 Å². The van der Waals surface area contributed by atoms with Crippen LogP contribution in [0, 0.1) is 13.8 Å². The fraction of sp³-hybridized carbons (Fsp3) is 0.462. The third-order valence-corrected chi connectivity index (χ3v) is 2.35. The summed E-state index contributed by atoms with van der Waals surface area (Å²) in [6.45, 7) is 4.76. The molecule has 0 heterocycles. The number of carbonyl (C=O) groups is 1. The first kappa shape index (κ1) is 12.7. The van der Waals surface area contributed by atoms with Gasteiger partial charge in [-0.2, -0.15) is 0 Å². The molecule has 0 unspecified atom stereocenters. The Balaban J connectivity index is 2.52. The monoisotopic (exact) mass is 221 g/mol. The van der Waals surface area contributed by atoms with E-state index in [4.69, 9.17) is 5.11 Å². The van der Waals surface area contributed by atoms with Crippen LogP contribution in [-0.4, -0.2) is 24.2 Å². The summed E-state index contributed by atoms with van der Waals surface area (Å²) in [5.74, 6) is -0.0373. The number of hydrogen-bond acceptors (Lipinski definition) is 2. The highest BCUT2D eigenvalue weighted by molar-refractivity contribution is 5.94. The number of amides is 1. The van der Waals surface area contributed by atoms with Gasteiger partial charge in [-0.1, -0.05) is 17.2 Å². The Morgan fingerprint density at radius 2 is 1.81 bits per heavy atom. The second-order valence-corrected chi connectivity index (χ2v) is 4.06. The van der Waals surface area contributed by atoms with Crippen molar-refractivity contribution in [2.75, 3.05) is 13.2 Å². The molecule has 88 valence electrons. The molecule has 16 heavy (non-hydrogen) atoms. The number of carbonyl (C=O) groups excluding carboxylic acids is 1. The van der Waals surface area contributed by atoms with Crippen molar-refractivity contribution < 1.29 is 9.90 Å². The van der Waals surface area contributed by atoms with E-state index in [-0.39, 0.29) is 12.5 Å². The van der Waals surface area contributed by atoms with Crippen LogP contribution in [0.4, 0.5) is 0 Å². The lowest BCUT2D eigenvalue weighted by Crippen LogP contribution is -2.24. The lowest BCUT2D eigenvalue weighted by molar-refractivity contribution is 0.0952. The summed E-state index contributed by atoms with van der Waals surface area (Å²) in [7, 11) is 0. The quantitative estimate of drug-likeness (QED) is 0.745. The maximum absolute atomic E-state index is 11.7. The molecular weight excluding hydrogens is 202 g/mol. The SMILES string of the molecule is Cc1cc(C)cc(C(=O)NCCCCO)c1. The van der Waals surface area contributed by atoms with E-state index in [9.17, 15) is 4.79 Å². The van der Waals surface area contributed by atoms with E-state index in [1.807, 2.05) is 32.0 Å². The van der Waals surface area contributed by atoms with Gasteiger partial charge in [0.25, 0.3) is 5.91 Å². The van der Waals surface area contributed by atoms with Crippen LogP contribution in [0.5, 0.6) is 0 Å². The van der Waals surface area contributed by atoms with Crippen LogP contribution in [0.25, 0.3) is 0 Å². The zero-order valence-electron chi connectivity index (χ0n) is 9.92. The minimum absolute atomic E-state index is 0.0373. The van der Waals surface area contributed by atoms with Crippen molar-refractivity contribution in [2.24, 2.45) is 0 Å². The Bertz CT molecular complexity index is 341. The smallest absolute Gasteiger partial charge is 0.251 e. The molecule has 0 spiro atoms. The molecule has 0 radical (unpaired) electrons. The molecule has 0 saturated heterocycles. The van der Waals surface area contributed by atoms with Crippen molar-refractivity contribution >= 4 is 5.91 Å². The summed E-state index contributed by atoms with van der Waals surface area (Å²) < 4.78 is 0. The number of benzene rings is 1. The molecule has 0 aliphatic heterocycles. The van der Waals surface area contributed by atoms with Gasteiger partial charge in [0.15, 0.2) is 0 Å². The van der Waals surface area contributed by atoms with Crippen molar-refractivity contribution in [1.29, 1.82) is 0 Å². The first-order valence-electron chi connectivity index (χ1n) is 5.61. The van der Waals surface area contributed by atoms with Crippen molar-refractivity contribution in [3.63, 3.8) is 0 Å². The Morgan fingerprint density at radius 1 is 1.19 bits per heavy atom. The molecule has 0 bridgehead atoms. The van der Waals surface area contributed by atoms with Crippen molar-refractivity contribution in [3.8, 4) is 0 Å². The van der Waals surface area contributed by atoms with Gasteiger partial charge in [-0.15, -0.1) is 0 Å². The Hall–Kier alpha value is -1.35. The zero-order chi connectivity index (χ0) is 12.0. The molecule has 1 aromatic carbocycles. The van der Waals surface area contributed by atoms with Crippen LogP contribution >= 0.6 is 0 Å². The van der Waals surface area contributed by atoms with Gasteiger partial charge in [-0.25, -0.2) is 0 Å². The molecule has 0 aliphatic rings. The summed E-state index contributed by atoms with van der Waals surface area (Å²) in [5.41, 5.74) is 2.91. The third kappa shape index (κ3) is 4.03. The van der Waals surface area contributed by atoms with Crippen LogP contribution in [-0.2, 0) is 0 Å². The maximum Gasteiger partial charge on any atom is 0.251 e. The number of aryl methyl sites for hydroxylation is 2.